The first-order chi connectivity index (χ1) is 12.1. The molecule has 6 nitrogen and oxygen atoms in total. The van der Waals surface area contributed by atoms with Crippen LogP contribution in [-0.2, 0) is 16.1 Å². The topological polar surface area (TPSA) is 91.2 Å². The van der Waals surface area contributed by atoms with Crippen molar-refractivity contribution in [3.05, 3.63) is 59.7 Å². The minimum absolute atomic E-state index is 0.0913. The number of amides is 2. The van der Waals surface area contributed by atoms with Crippen molar-refractivity contribution in [2.75, 3.05) is 11.9 Å². The Bertz CT molecular complexity index is 779. The summed E-state index contributed by atoms with van der Waals surface area (Å²) < 4.78 is 5.42. The third-order valence-corrected chi connectivity index (χ3v) is 3.40. The lowest BCUT2D eigenvalue weighted by atomic mass is 10.1. The van der Waals surface area contributed by atoms with Crippen molar-refractivity contribution in [3.8, 4) is 11.8 Å². The lowest BCUT2D eigenvalue weighted by Crippen LogP contribution is -2.28. The molecule has 0 spiro atoms. The van der Waals surface area contributed by atoms with Crippen molar-refractivity contribution < 1.29 is 14.3 Å². The van der Waals surface area contributed by atoms with Crippen molar-refractivity contribution in [3.63, 3.8) is 0 Å². The molecule has 0 aromatic heterocycles. The molecule has 0 atom stereocenters. The maximum absolute atomic E-state index is 11.9. The van der Waals surface area contributed by atoms with E-state index in [0.717, 1.165) is 11.1 Å². The average Bonchev–Trinajstić information content (AvgIpc) is 2.60. The minimum atomic E-state index is -0.385. The Hall–Kier alpha value is -3.33. The number of para-hydroxylation sites is 1. The molecule has 0 aliphatic carbocycles. The summed E-state index contributed by atoms with van der Waals surface area (Å²) >= 11 is 0. The van der Waals surface area contributed by atoms with Gasteiger partial charge < -0.3 is 15.4 Å². The molecule has 0 heterocycles. The van der Waals surface area contributed by atoms with Crippen molar-refractivity contribution in [1.82, 2.24) is 5.32 Å². The van der Waals surface area contributed by atoms with Gasteiger partial charge in [0.25, 0.3) is 5.91 Å². The third kappa shape index (κ3) is 5.99. The number of nitrogens with one attached hydrogen (secondary N) is 2. The van der Waals surface area contributed by atoms with E-state index >= 15 is 0 Å². The first-order valence-electron chi connectivity index (χ1n) is 7.79. The highest BCUT2D eigenvalue weighted by Crippen LogP contribution is 2.15. The highest BCUT2D eigenvalue weighted by atomic mass is 16.5. The van der Waals surface area contributed by atoms with Gasteiger partial charge in [-0.05, 0) is 30.7 Å². The second kappa shape index (κ2) is 9.08. The molecular formula is C19H19N3O3. The van der Waals surface area contributed by atoms with E-state index in [1.807, 2.05) is 37.3 Å². The number of carbonyl (C=O) groups excluding carboxylic acids is 2. The van der Waals surface area contributed by atoms with Gasteiger partial charge in [-0.3, -0.25) is 9.59 Å². The van der Waals surface area contributed by atoms with Gasteiger partial charge in [0.2, 0.25) is 5.91 Å². The van der Waals surface area contributed by atoms with Crippen molar-refractivity contribution in [1.29, 1.82) is 5.26 Å². The van der Waals surface area contributed by atoms with Gasteiger partial charge >= 0.3 is 0 Å². The van der Waals surface area contributed by atoms with Gasteiger partial charge in [0.1, 0.15) is 12.2 Å². The molecule has 0 aliphatic heterocycles. The Balaban J connectivity index is 1.86. The van der Waals surface area contributed by atoms with Crippen LogP contribution in [0.4, 0.5) is 5.69 Å². The zero-order valence-corrected chi connectivity index (χ0v) is 13.9. The number of nitrogens with zero attached hydrogens (tertiary/aromatic N) is 1. The van der Waals surface area contributed by atoms with Crippen LogP contribution >= 0.6 is 0 Å². The van der Waals surface area contributed by atoms with Crippen LogP contribution in [0.15, 0.2) is 48.5 Å². The highest BCUT2D eigenvalue weighted by molar-refractivity contribution is 5.92. The molecule has 2 aromatic carbocycles. The fourth-order valence-electron chi connectivity index (χ4n) is 2.09. The van der Waals surface area contributed by atoms with Gasteiger partial charge in [0.05, 0.1) is 6.07 Å². The lowest BCUT2D eigenvalue weighted by Gasteiger charge is -2.12. The molecule has 128 valence electrons. The molecular weight excluding hydrogens is 318 g/mol. The van der Waals surface area contributed by atoms with Crippen LogP contribution in [-0.4, -0.2) is 18.4 Å². The monoisotopic (exact) mass is 337 g/mol. The largest absolute Gasteiger partial charge is 0.484 e. The molecule has 2 N–H and O–H groups in total. The first-order valence-corrected chi connectivity index (χ1v) is 7.79. The molecule has 0 saturated carbocycles. The summed E-state index contributed by atoms with van der Waals surface area (Å²) in [6.45, 7) is 2.13. The van der Waals surface area contributed by atoms with E-state index in [4.69, 9.17) is 10.00 Å². The Kier molecular flexibility index (Phi) is 6.55. The Morgan fingerprint density at radius 3 is 2.52 bits per heavy atom. The molecule has 2 aromatic rings. The molecule has 0 saturated heterocycles. The van der Waals surface area contributed by atoms with Gasteiger partial charge in [0.15, 0.2) is 6.61 Å². The summed E-state index contributed by atoms with van der Waals surface area (Å²) in [5.74, 6) is -0.0207. The summed E-state index contributed by atoms with van der Waals surface area (Å²) in [5.41, 5.74) is 2.44. The molecule has 25 heavy (non-hydrogen) atoms. The van der Waals surface area contributed by atoms with Crippen LogP contribution in [0.2, 0.25) is 0 Å². The van der Waals surface area contributed by atoms with Crippen LogP contribution in [0.1, 0.15) is 17.5 Å². The molecule has 6 heteroatoms. The number of hydrogen-bond acceptors (Lipinski definition) is 4. The number of aryl methyl sites for hydroxylation is 1. The average molecular weight is 337 g/mol. The summed E-state index contributed by atoms with van der Waals surface area (Å²) in [7, 11) is 0. The molecule has 0 radical (unpaired) electrons. The summed E-state index contributed by atoms with van der Waals surface area (Å²) in [5, 5.41) is 13.9. The normalized spacial score (nSPS) is 9.76. The molecule has 0 aliphatic rings. The van der Waals surface area contributed by atoms with Crippen molar-refractivity contribution >= 4 is 17.5 Å². The van der Waals surface area contributed by atoms with Crippen LogP contribution in [0.25, 0.3) is 0 Å². The van der Waals surface area contributed by atoms with E-state index in [9.17, 15) is 9.59 Å². The molecule has 0 bridgehead atoms. The Morgan fingerprint density at radius 2 is 1.80 bits per heavy atom. The van der Waals surface area contributed by atoms with E-state index in [1.54, 1.807) is 24.3 Å². The van der Waals surface area contributed by atoms with Gasteiger partial charge in [-0.2, -0.15) is 5.26 Å². The van der Waals surface area contributed by atoms with E-state index in [1.165, 1.54) is 0 Å². The number of ether oxygens (including phenoxy) is 1. The number of rotatable bonds is 7. The van der Waals surface area contributed by atoms with Crippen molar-refractivity contribution in [2.45, 2.75) is 19.9 Å². The minimum Gasteiger partial charge on any atom is -0.484 e. The smallest absolute Gasteiger partial charge is 0.258 e. The van der Waals surface area contributed by atoms with E-state index in [-0.39, 0.29) is 31.4 Å². The third-order valence-electron chi connectivity index (χ3n) is 3.40. The second-order valence-electron chi connectivity index (χ2n) is 5.42. The quantitative estimate of drug-likeness (QED) is 0.812. The van der Waals surface area contributed by atoms with Crippen LogP contribution in [0, 0.1) is 18.3 Å². The molecule has 2 rings (SSSR count). The van der Waals surface area contributed by atoms with Crippen LogP contribution in [0.5, 0.6) is 5.75 Å². The zero-order valence-electron chi connectivity index (χ0n) is 13.9. The van der Waals surface area contributed by atoms with Gasteiger partial charge in [-0.1, -0.05) is 35.9 Å². The number of benzene rings is 2. The van der Waals surface area contributed by atoms with Crippen LogP contribution in [0.3, 0.4) is 0 Å². The fourth-order valence-corrected chi connectivity index (χ4v) is 2.09. The number of hydrogen-bond donors (Lipinski definition) is 2. The van der Waals surface area contributed by atoms with Crippen molar-refractivity contribution in [2.24, 2.45) is 0 Å². The Morgan fingerprint density at radius 1 is 1.08 bits per heavy atom. The standard InChI is InChI=1S/C19H19N3O3/c1-14-6-8-16(9-7-14)25-13-19(24)21-12-15-4-2-3-5-17(15)22-18(23)10-11-20/h2-9H,10,12-13H2,1H3,(H,21,24)(H,22,23). The maximum atomic E-state index is 11.9. The summed E-state index contributed by atoms with van der Waals surface area (Å²) in [4.78, 5) is 23.5. The summed E-state index contributed by atoms with van der Waals surface area (Å²) in [6, 6.07) is 16.3. The predicted octanol–water partition coefficient (Wildman–Crippen LogP) is 2.54. The first kappa shape index (κ1) is 18.0. The molecule has 0 unspecified atom stereocenters. The van der Waals surface area contributed by atoms with E-state index < -0.39 is 0 Å². The number of anilines is 1. The SMILES string of the molecule is Cc1ccc(OCC(=O)NCc2ccccc2NC(=O)CC#N)cc1. The summed E-state index contributed by atoms with van der Waals surface area (Å²) in [6.07, 6.45) is -0.217. The van der Waals surface area contributed by atoms with Gasteiger partial charge in [-0.25, -0.2) is 0 Å². The maximum Gasteiger partial charge on any atom is 0.258 e. The molecule has 2 amide bonds. The van der Waals surface area contributed by atoms with E-state index in [0.29, 0.717) is 11.4 Å². The fraction of sp³-hybridized carbons (Fsp3) is 0.211. The lowest BCUT2D eigenvalue weighted by molar-refractivity contribution is -0.123. The molecule has 0 fully saturated rings. The van der Waals surface area contributed by atoms with Crippen LogP contribution < -0.4 is 15.4 Å². The zero-order chi connectivity index (χ0) is 18.1. The Labute approximate surface area is 146 Å². The van der Waals surface area contributed by atoms with Gasteiger partial charge in [-0.15, -0.1) is 0 Å². The number of nitriles is 1. The second-order valence-corrected chi connectivity index (χ2v) is 5.42. The predicted molar refractivity (Wildman–Crippen MR) is 93.8 cm³/mol. The van der Waals surface area contributed by atoms with E-state index in [2.05, 4.69) is 10.6 Å². The highest BCUT2D eigenvalue weighted by Gasteiger charge is 2.08. The van der Waals surface area contributed by atoms with Gasteiger partial charge in [0, 0.05) is 12.2 Å². The number of carbonyl (C=O) groups is 2.